The fourth-order valence-electron chi connectivity index (χ4n) is 2.90. The number of anilines is 1. The van der Waals surface area contributed by atoms with Crippen LogP contribution in [0.25, 0.3) is 0 Å². The highest BCUT2D eigenvalue weighted by molar-refractivity contribution is 7.87. The molecule has 0 aliphatic carbocycles. The number of urea groups is 1. The van der Waals surface area contributed by atoms with Gasteiger partial charge in [-0.05, 0) is 56.5 Å². The number of aryl methyl sites for hydroxylation is 1. The molecule has 0 fully saturated rings. The molecule has 8 heteroatoms. The minimum absolute atomic E-state index is 0.0790. The fraction of sp³-hybridized carbons (Fsp3) is 0.409. The van der Waals surface area contributed by atoms with Gasteiger partial charge in [-0.25, -0.2) is 4.79 Å². The number of nitrogens with zero attached hydrogens (tertiary/aromatic N) is 1. The summed E-state index contributed by atoms with van der Waals surface area (Å²) in [5.41, 5.74) is 2.56. The quantitative estimate of drug-likeness (QED) is 0.590. The van der Waals surface area contributed by atoms with Crippen LogP contribution < -0.4 is 14.2 Å². The number of carbonyl (C=O) groups excluding carboxylic acids is 1. The summed E-state index contributed by atoms with van der Waals surface area (Å²) < 4.78 is 34.2. The van der Waals surface area contributed by atoms with E-state index in [1.54, 1.807) is 23.1 Å². The Kier molecular flexibility index (Phi) is 8.11. The minimum atomic E-state index is -3.70. The molecule has 0 bridgehead atoms. The van der Waals surface area contributed by atoms with Crippen LogP contribution in [0.3, 0.4) is 0 Å². The first-order chi connectivity index (χ1) is 14.2. The summed E-state index contributed by atoms with van der Waals surface area (Å²) in [6.07, 6.45) is 0.809. The van der Waals surface area contributed by atoms with Gasteiger partial charge in [0.2, 0.25) is 0 Å². The normalized spacial score (nSPS) is 11.3. The fourth-order valence-corrected chi connectivity index (χ4v) is 3.43. The maximum absolute atomic E-state index is 13.0. The maximum atomic E-state index is 13.0. The van der Waals surface area contributed by atoms with E-state index in [1.807, 2.05) is 45.0 Å². The molecule has 0 aliphatic rings. The number of rotatable bonds is 9. The molecule has 2 aromatic carbocycles. The molecule has 2 amide bonds. The van der Waals surface area contributed by atoms with Crippen LogP contribution in [0.1, 0.15) is 38.8 Å². The Balaban J connectivity index is 2.26. The predicted octanol–water partition coefficient (Wildman–Crippen LogP) is 4.43. The molecule has 7 nitrogen and oxygen atoms in total. The lowest BCUT2D eigenvalue weighted by Gasteiger charge is -2.28. The summed E-state index contributed by atoms with van der Waals surface area (Å²) in [6.45, 7) is 7.67. The molecule has 2 aromatic rings. The van der Waals surface area contributed by atoms with Crippen LogP contribution >= 0.6 is 0 Å². The lowest BCUT2D eigenvalue weighted by atomic mass is 10.1. The third-order valence-corrected chi connectivity index (χ3v) is 5.82. The first-order valence-corrected chi connectivity index (χ1v) is 11.5. The number of amides is 2. The lowest BCUT2D eigenvalue weighted by Crippen LogP contribution is -2.39. The van der Waals surface area contributed by atoms with Gasteiger partial charge in [0.05, 0.1) is 12.9 Å². The molecule has 30 heavy (non-hydrogen) atoms. The zero-order chi connectivity index (χ0) is 22.3. The smallest absolute Gasteiger partial charge is 0.322 e. The number of carbonyl (C=O) groups is 1. The van der Waals surface area contributed by atoms with Crippen molar-refractivity contribution >= 4 is 21.8 Å². The van der Waals surface area contributed by atoms with Crippen molar-refractivity contribution in [1.29, 1.82) is 0 Å². The zero-order valence-electron chi connectivity index (χ0n) is 18.1. The van der Waals surface area contributed by atoms with Gasteiger partial charge in [0.25, 0.3) is 0 Å². The summed E-state index contributed by atoms with van der Waals surface area (Å²) in [4.78, 5) is 14.6. The molecule has 0 heterocycles. The van der Waals surface area contributed by atoms with Crippen molar-refractivity contribution in [1.82, 2.24) is 4.90 Å². The minimum Gasteiger partial charge on any atom is -0.493 e. The Hall–Kier alpha value is -2.74. The SMILES string of the molecule is CCc1ccccc1NC(=O)N(Cc1ccc(OC)c(OS(=O)(=O)CC)c1)C(C)C. The third-order valence-electron chi connectivity index (χ3n) is 4.68. The summed E-state index contributed by atoms with van der Waals surface area (Å²) in [5, 5.41) is 2.98. The zero-order valence-corrected chi connectivity index (χ0v) is 19.0. The van der Waals surface area contributed by atoms with E-state index in [2.05, 4.69) is 5.32 Å². The summed E-state index contributed by atoms with van der Waals surface area (Å²) >= 11 is 0. The van der Waals surface area contributed by atoms with E-state index in [-0.39, 0.29) is 30.1 Å². The highest BCUT2D eigenvalue weighted by atomic mass is 32.2. The van der Waals surface area contributed by atoms with E-state index >= 15 is 0 Å². The Morgan fingerprint density at radius 1 is 1.10 bits per heavy atom. The Morgan fingerprint density at radius 2 is 1.80 bits per heavy atom. The first kappa shape index (κ1) is 23.5. The second-order valence-corrected chi connectivity index (χ2v) is 8.94. The van der Waals surface area contributed by atoms with E-state index < -0.39 is 10.1 Å². The van der Waals surface area contributed by atoms with Crippen LogP contribution in [0, 0.1) is 0 Å². The van der Waals surface area contributed by atoms with Crippen molar-refractivity contribution in [3.63, 3.8) is 0 Å². The number of hydrogen-bond acceptors (Lipinski definition) is 5. The summed E-state index contributed by atoms with van der Waals surface area (Å²) in [7, 11) is -2.26. The topological polar surface area (TPSA) is 84.9 Å². The van der Waals surface area contributed by atoms with Crippen molar-refractivity contribution in [2.75, 3.05) is 18.2 Å². The number of ether oxygens (including phenoxy) is 1. The summed E-state index contributed by atoms with van der Waals surface area (Å²) in [5.74, 6) is 0.267. The van der Waals surface area contributed by atoms with Gasteiger partial charge in [-0.3, -0.25) is 0 Å². The van der Waals surface area contributed by atoms with Crippen LogP contribution in [0.4, 0.5) is 10.5 Å². The average Bonchev–Trinajstić information content (AvgIpc) is 2.72. The Morgan fingerprint density at radius 3 is 2.40 bits per heavy atom. The lowest BCUT2D eigenvalue weighted by molar-refractivity contribution is 0.193. The van der Waals surface area contributed by atoms with Gasteiger partial charge in [-0.15, -0.1) is 0 Å². The Bertz CT molecular complexity index is 973. The van der Waals surface area contributed by atoms with Crippen LogP contribution in [-0.2, 0) is 23.1 Å². The van der Waals surface area contributed by atoms with E-state index in [0.29, 0.717) is 5.75 Å². The van der Waals surface area contributed by atoms with E-state index in [4.69, 9.17) is 8.92 Å². The Labute approximate surface area is 179 Å². The van der Waals surface area contributed by atoms with Gasteiger partial charge < -0.3 is 19.1 Å². The number of methoxy groups -OCH3 is 1. The molecule has 0 radical (unpaired) electrons. The van der Waals surface area contributed by atoms with Gasteiger partial charge in [0.1, 0.15) is 0 Å². The molecule has 0 unspecified atom stereocenters. The second kappa shape index (κ2) is 10.3. The van der Waals surface area contributed by atoms with Gasteiger partial charge >= 0.3 is 16.1 Å². The number of benzene rings is 2. The molecule has 0 atom stereocenters. The van der Waals surface area contributed by atoms with E-state index in [9.17, 15) is 13.2 Å². The van der Waals surface area contributed by atoms with Gasteiger partial charge in [-0.2, -0.15) is 8.42 Å². The maximum Gasteiger partial charge on any atom is 0.322 e. The molecule has 0 spiro atoms. The number of para-hydroxylation sites is 1. The molecule has 164 valence electrons. The molecule has 1 N–H and O–H groups in total. The van der Waals surface area contributed by atoms with Crippen molar-refractivity contribution in [3.8, 4) is 11.5 Å². The molecule has 2 rings (SSSR count). The van der Waals surface area contributed by atoms with Crippen molar-refractivity contribution in [2.24, 2.45) is 0 Å². The molecule has 0 saturated heterocycles. The predicted molar refractivity (Wildman–Crippen MR) is 119 cm³/mol. The highest BCUT2D eigenvalue weighted by Gasteiger charge is 2.20. The molecule has 0 saturated carbocycles. The largest absolute Gasteiger partial charge is 0.493 e. The standard InChI is InChI=1S/C22H30N2O5S/c1-6-18-10-8-9-11-19(18)23-22(25)24(16(3)4)15-17-12-13-20(28-5)21(14-17)29-30(26,27)7-2/h8-14,16H,6-7,15H2,1-5H3,(H,23,25). The van der Waals surface area contributed by atoms with Crippen LogP contribution in [-0.4, -0.2) is 38.3 Å². The van der Waals surface area contributed by atoms with Gasteiger partial charge in [0, 0.05) is 18.3 Å². The first-order valence-electron chi connectivity index (χ1n) is 9.95. The monoisotopic (exact) mass is 434 g/mol. The van der Waals surface area contributed by atoms with Crippen LogP contribution in [0.5, 0.6) is 11.5 Å². The van der Waals surface area contributed by atoms with Crippen LogP contribution in [0.2, 0.25) is 0 Å². The van der Waals surface area contributed by atoms with Crippen LogP contribution in [0.15, 0.2) is 42.5 Å². The van der Waals surface area contributed by atoms with E-state index in [0.717, 1.165) is 23.2 Å². The van der Waals surface area contributed by atoms with E-state index in [1.165, 1.54) is 14.0 Å². The van der Waals surface area contributed by atoms with Crippen molar-refractivity contribution in [2.45, 2.75) is 46.7 Å². The second-order valence-electron chi connectivity index (χ2n) is 7.08. The molecular weight excluding hydrogens is 404 g/mol. The molecule has 0 aromatic heterocycles. The molecule has 0 aliphatic heterocycles. The average molecular weight is 435 g/mol. The summed E-state index contributed by atoms with van der Waals surface area (Å²) in [6, 6.07) is 12.4. The number of hydrogen-bond donors (Lipinski definition) is 1. The van der Waals surface area contributed by atoms with Gasteiger partial charge in [-0.1, -0.05) is 31.2 Å². The number of nitrogens with one attached hydrogen (secondary N) is 1. The molecular formula is C22H30N2O5S. The third kappa shape index (κ3) is 6.13. The van der Waals surface area contributed by atoms with Crippen molar-refractivity contribution < 1.29 is 22.1 Å². The highest BCUT2D eigenvalue weighted by Crippen LogP contribution is 2.30. The van der Waals surface area contributed by atoms with Crippen molar-refractivity contribution in [3.05, 3.63) is 53.6 Å². The van der Waals surface area contributed by atoms with Gasteiger partial charge in [0.15, 0.2) is 11.5 Å².